The number of nitrogens with one attached hydrogen (secondary N) is 2. The number of halogens is 4. The Bertz CT molecular complexity index is 1090. The first-order valence-corrected chi connectivity index (χ1v) is 8.05. The molecule has 0 aliphatic rings. The molecule has 0 spiro atoms. The number of hydrogen-bond donors (Lipinski definition) is 2. The van der Waals surface area contributed by atoms with Crippen molar-refractivity contribution in [3.05, 3.63) is 77.1 Å². The minimum absolute atomic E-state index is 0.207. The molecule has 0 radical (unpaired) electrons. The Morgan fingerprint density at radius 3 is 2.31 bits per heavy atom. The second-order valence-corrected chi connectivity index (χ2v) is 6.09. The van der Waals surface area contributed by atoms with Gasteiger partial charge in [-0.1, -0.05) is 41.9 Å². The van der Waals surface area contributed by atoms with Gasteiger partial charge in [0.1, 0.15) is 11.5 Å². The highest BCUT2D eigenvalue weighted by Gasteiger charge is 2.16. The van der Waals surface area contributed by atoms with Gasteiger partial charge >= 0.3 is 0 Å². The van der Waals surface area contributed by atoms with Gasteiger partial charge in [-0.05, 0) is 17.7 Å². The molecule has 0 saturated heterocycles. The van der Waals surface area contributed by atoms with Crippen molar-refractivity contribution in [1.82, 2.24) is 10.2 Å². The van der Waals surface area contributed by atoms with Crippen molar-refractivity contribution in [2.24, 2.45) is 0 Å². The molecular formula is C19H11ClF3N3. The zero-order chi connectivity index (χ0) is 18.3. The van der Waals surface area contributed by atoms with Gasteiger partial charge in [0, 0.05) is 23.1 Å². The average molecular weight is 374 g/mol. The van der Waals surface area contributed by atoms with Crippen LogP contribution >= 0.6 is 11.6 Å². The Morgan fingerprint density at radius 1 is 0.923 bits per heavy atom. The number of aromatic nitrogens is 2. The molecule has 1 heterocycles. The van der Waals surface area contributed by atoms with Crippen LogP contribution < -0.4 is 5.32 Å². The van der Waals surface area contributed by atoms with E-state index < -0.39 is 23.1 Å². The molecule has 7 heteroatoms. The molecule has 130 valence electrons. The van der Waals surface area contributed by atoms with Gasteiger partial charge in [0.2, 0.25) is 0 Å². The van der Waals surface area contributed by atoms with Crippen LogP contribution in [-0.2, 0) is 0 Å². The molecule has 0 fully saturated rings. The summed E-state index contributed by atoms with van der Waals surface area (Å²) in [6.45, 7) is 0. The number of aromatic amines is 1. The van der Waals surface area contributed by atoms with E-state index in [1.165, 1.54) is 0 Å². The maximum absolute atomic E-state index is 13.9. The number of fused-ring (bicyclic) bond motifs is 1. The Hall–Kier alpha value is -2.99. The monoisotopic (exact) mass is 373 g/mol. The average Bonchev–Trinajstić information content (AvgIpc) is 2.99. The van der Waals surface area contributed by atoms with Crippen LogP contribution in [0, 0.1) is 17.5 Å². The zero-order valence-corrected chi connectivity index (χ0v) is 13.9. The van der Waals surface area contributed by atoms with Gasteiger partial charge in [-0.25, -0.2) is 13.2 Å². The van der Waals surface area contributed by atoms with Crippen LogP contribution in [0.15, 0.2) is 54.6 Å². The van der Waals surface area contributed by atoms with E-state index in [0.29, 0.717) is 28.1 Å². The summed E-state index contributed by atoms with van der Waals surface area (Å²) >= 11 is 6.35. The molecule has 3 nitrogen and oxygen atoms in total. The van der Waals surface area contributed by atoms with E-state index in [-0.39, 0.29) is 5.82 Å². The van der Waals surface area contributed by atoms with Gasteiger partial charge in [0.05, 0.1) is 10.5 Å². The molecule has 2 N–H and O–H groups in total. The van der Waals surface area contributed by atoms with E-state index in [9.17, 15) is 13.2 Å². The molecule has 0 saturated carbocycles. The van der Waals surface area contributed by atoms with Crippen LogP contribution in [0.1, 0.15) is 0 Å². The number of nitrogens with zero attached hydrogens (tertiary/aromatic N) is 1. The lowest BCUT2D eigenvalue weighted by Gasteiger charge is -2.08. The molecule has 4 rings (SSSR count). The van der Waals surface area contributed by atoms with E-state index in [1.807, 2.05) is 30.3 Å². The van der Waals surface area contributed by atoms with Gasteiger partial charge in [0.25, 0.3) is 0 Å². The minimum atomic E-state index is -1.05. The Balaban J connectivity index is 1.82. The molecule has 0 bridgehead atoms. The van der Waals surface area contributed by atoms with Crippen molar-refractivity contribution < 1.29 is 13.2 Å². The lowest BCUT2D eigenvalue weighted by molar-refractivity contribution is 0.549. The summed E-state index contributed by atoms with van der Waals surface area (Å²) in [5.74, 6) is -2.87. The summed E-state index contributed by atoms with van der Waals surface area (Å²) < 4.78 is 40.9. The fourth-order valence-corrected chi connectivity index (χ4v) is 3.03. The van der Waals surface area contributed by atoms with Crippen molar-refractivity contribution >= 4 is 34.0 Å². The van der Waals surface area contributed by atoms with Gasteiger partial charge in [-0.2, -0.15) is 5.10 Å². The highest BCUT2D eigenvalue weighted by atomic mass is 35.5. The number of hydrogen-bond acceptors (Lipinski definition) is 2. The van der Waals surface area contributed by atoms with E-state index in [1.54, 1.807) is 12.1 Å². The van der Waals surface area contributed by atoms with Crippen molar-refractivity contribution in [2.45, 2.75) is 0 Å². The highest BCUT2D eigenvalue weighted by Crippen LogP contribution is 2.35. The summed E-state index contributed by atoms with van der Waals surface area (Å²) in [5.41, 5.74) is 1.77. The number of anilines is 2. The normalized spacial score (nSPS) is 11.1. The molecule has 26 heavy (non-hydrogen) atoms. The Morgan fingerprint density at radius 2 is 1.62 bits per heavy atom. The van der Waals surface area contributed by atoms with E-state index in [0.717, 1.165) is 11.1 Å². The molecule has 0 atom stereocenters. The maximum Gasteiger partial charge on any atom is 0.160 e. The van der Waals surface area contributed by atoms with E-state index in [4.69, 9.17) is 11.6 Å². The van der Waals surface area contributed by atoms with Crippen LogP contribution in [-0.4, -0.2) is 10.2 Å². The lowest BCUT2D eigenvalue weighted by Crippen LogP contribution is -1.99. The number of benzene rings is 3. The fraction of sp³-hybridized carbons (Fsp3) is 0. The van der Waals surface area contributed by atoms with Gasteiger partial charge in [0.15, 0.2) is 17.5 Å². The lowest BCUT2D eigenvalue weighted by atomic mass is 10.0. The van der Waals surface area contributed by atoms with Crippen molar-refractivity contribution in [3.63, 3.8) is 0 Å². The third kappa shape index (κ3) is 2.88. The topological polar surface area (TPSA) is 40.7 Å². The van der Waals surface area contributed by atoms with Crippen LogP contribution in [0.25, 0.3) is 22.0 Å². The fourth-order valence-electron chi connectivity index (χ4n) is 2.75. The molecule has 1 aromatic heterocycles. The molecule has 0 amide bonds. The van der Waals surface area contributed by atoms with Crippen molar-refractivity contribution in [2.75, 3.05) is 5.32 Å². The summed E-state index contributed by atoms with van der Waals surface area (Å²) in [6.07, 6.45) is 0. The van der Waals surface area contributed by atoms with E-state index in [2.05, 4.69) is 15.5 Å². The second-order valence-electron chi connectivity index (χ2n) is 5.69. The first kappa shape index (κ1) is 16.5. The predicted octanol–water partition coefficient (Wildman–Crippen LogP) is 6.04. The van der Waals surface area contributed by atoms with Crippen LogP contribution in [0.4, 0.5) is 24.7 Å². The zero-order valence-electron chi connectivity index (χ0n) is 13.2. The molecule has 0 unspecified atom stereocenters. The standard InChI is InChI=1S/C19H11ClF3N3/c20-14-9-17-13(8-12(14)10-4-2-1-3-5-10)19(26-25-17)24-18-15(22)6-11(21)7-16(18)23/h1-9H,(H2,24,25,26). The summed E-state index contributed by atoms with van der Waals surface area (Å²) in [5, 5.41) is 10.5. The van der Waals surface area contributed by atoms with Gasteiger partial charge < -0.3 is 5.32 Å². The first-order chi connectivity index (χ1) is 12.5. The second kappa shape index (κ2) is 6.38. The molecule has 4 aromatic rings. The minimum Gasteiger partial charge on any atom is -0.333 e. The SMILES string of the molecule is Fc1cc(F)c(Nc2n[nH]c3cc(Cl)c(-c4ccccc4)cc23)c(F)c1. The van der Waals surface area contributed by atoms with Gasteiger partial charge in [-0.15, -0.1) is 0 Å². The molecule has 0 aliphatic heterocycles. The maximum atomic E-state index is 13.9. The summed E-state index contributed by atoms with van der Waals surface area (Å²) in [6, 6.07) is 14.1. The van der Waals surface area contributed by atoms with Crippen molar-refractivity contribution in [3.8, 4) is 11.1 Å². The largest absolute Gasteiger partial charge is 0.333 e. The van der Waals surface area contributed by atoms with E-state index >= 15 is 0 Å². The van der Waals surface area contributed by atoms with Crippen molar-refractivity contribution in [1.29, 1.82) is 0 Å². The van der Waals surface area contributed by atoms with Crippen LogP contribution in [0.2, 0.25) is 5.02 Å². The predicted molar refractivity (Wildman–Crippen MR) is 96.1 cm³/mol. The molecule has 3 aromatic carbocycles. The summed E-state index contributed by atoms with van der Waals surface area (Å²) in [4.78, 5) is 0. The molecule has 0 aliphatic carbocycles. The Kier molecular flexibility index (Phi) is 4.05. The number of rotatable bonds is 3. The quantitative estimate of drug-likeness (QED) is 0.459. The smallest absolute Gasteiger partial charge is 0.160 e. The third-order valence-corrected chi connectivity index (χ3v) is 4.30. The third-order valence-electron chi connectivity index (χ3n) is 3.99. The van der Waals surface area contributed by atoms with Crippen LogP contribution in [0.5, 0.6) is 0 Å². The molecular weight excluding hydrogens is 363 g/mol. The van der Waals surface area contributed by atoms with Crippen LogP contribution in [0.3, 0.4) is 0 Å². The first-order valence-electron chi connectivity index (χ1n) is 7.67. The Labute approximate surface area is 151 Å². The number of H-pyrrole nitrogens is 1. The highest BCUT2D eigenvalue weighted by molar-refractivity contribution is 6.34. The van der Waals surface area contributed by atoms with Gasteiger partial charge in [-0.3, -0.25) is 5.10 Å². The summed E-state index contributed by atoms with van der Waals surface area (Å²) in [7, 11) is 0.